The largest absolute Gasteiger partial charge is 0.348 e. The van der Waals surface area contributed by atoms with E-state index in [0.717, 1.165) is 5.56 Å². The summed E-state index contributed by atoms with van der Waals surface area (Å²) in [6, 6.07) is 10.4. The van der Waals surface area contributed by atoms with Crippen molar-refractivity contribution in [2.75, 3.05) is 0 Å². The highest BCUT2D eigenvalue weighted by molar-refractivity contribution is 7.12. The highest BCUT2D eigenvalue weighted by Gasteiger charge is 2.26. The molecule has 2 rings (SSSR count). The lowest BCUT2D eigenvalue weighted by Gasteiger charge is -2.24. The van der Waals surface area contributed by atoms with Gasteiger partial charge >= 0.3 is 0 Å². The third-order valence-electron chi connectivity index (χ3n) is 4.18. The van der Waals surface area contributed by atoms with Gasteiger partial charge in [0.05, 0.1) is 6.04 Å². The number of rotatable bonds is 6. The van der Waals surface area contributed by atoms with Gasteiger partial charge in [0.25, 0.3) is 5.91 Å². The number of aryl methyl sites for hydroxylation is 2. The molecule has 134 valence electrons. The molecule has 1 heterocycles. The molecule has 4 nitrogen and oxygen atoms in total. The zero-order valence-electron chi connectivity index (χ0n) is 15.4. The van der Waals surface area contributed by atoms with Crippen molar-refractivity contribution in [1.82, 2.24) is 10.6 Å². The van der Waals surface area contributed by atoms with Crippen LogP contribution in [0.3, 0.4) is 0 Å². The van der Waals surface area contributed by atoms with Gasteiger partial charge in [-0.1, -0.05) is 32.0 Å². The third-order valence-corrected chi connectivity index (χ3v) is 5.16. The molecule has 0 aliphatic rings. The smallest absolute Gasteiger partial charge is 0.251 e. The maximum atomic E-state index is 12.7. The van der Waals surface area contributed by atoms with Crippen molar-refractivity contribution in [2.45, 2.75) is 46.7 Å². The molecular formula is C20H26N2O2S. The summed E-state index contributed by atoms with van der Waals surface area (Å²) in [4.78, 5) is 27.6. The predicted molar refractivity (Wildman–Crippen MR) is 103 cm³/mol. The number of carbonyl (C=O) groups excluding carboxylic acids is 2. The van der Waals surface area contributed by atoms with E-state index in [1.807, 2.05) is 39.0 Å². The first-order valence-electron chi connectivity index (χ1n) is 8.52. The molecule has 0 saturated heterocycles. The molecule has 25 heavy (non-hydrogen) atoms. The second-order valence-electron chi connectivity index (χ2n) is 6.66. The molecule has 2 amide bonds. The molecule has 2 N–H and O–H groups in total. The van der Waals surface area contributed by atoms with Crippen LogP contribution in [0.2, 0.25) is 0 Å². The van der Waals surface area contributed by atoms with Crippen LogP contribution in [0, 0.1) is 19.8 Å². The van der Waals surface area contributed by atoms with Crippen LogP contribution < -0.4 is 10.6 Å². The zero-order valence-corrected chi connectivity index (χ0v) is 16.2. The van der Waals surface area contributed by atoms with E-state index in [1.54, 1.807) is 23.5 Å². The molecule has 5 heteroatoms. The zero-order chi connectivity index (χ0) is 18.6. The van der Waals surface area contributed by atoms with Gasteiger partial charge < -0.3 is 10.6 Å². The van der Waals surface area contributed by atoms with Gasteiger partial charge in [0.1, 0.15) is 6.04 Å². The Labute approximate surface area is 153 Å². The van der Waals surface area contributed by atoms with Crippen LogP contribution in [0.15, 0.2) is 36.4 Å². The highest BCUT2D eigenvalue weighted by Crippen LogP contribution is 2.26. The standard InChI is InChI=1S/C20H26N2O2S/c1-12(2)18(22-19(23)16-9-7-6-8-10-16)20(24)21-14(4)17-11-13(3)25-15(17)5/h6-12,14,18H,1-5H3,(H,21,24)(H,22,23)/t14-,18-/m0/s1. The first-order chi connectivity index (χ1) is 11.8. The molecular weight excluding hydrogens is 332 g/mol. The molecule has 0 aliphatic carbocycles. The molecule has 0 spiro atoms. The SMILES string of the molecule is Cc1cc([C@H](C)NC(=O)[C@@H](NC(=O)c2ccccc2)C(C)C)c(C)s1. The van der Waals surface area contributed by atoms with Crippen molar-refractivity contribution >= 4 is 23.2 Å². The molecule has 2 aromatic rings. The minimum absolute atomic E-state index is 0.00910. The monoisotopic (exact) mass is 358 g/mol. The first kappa shape index (κ1) is 19.2. The minimum Gasteiger partial charge on any atom is -0.348 e. The van der Waals surface area contributed by atoms with E-state index >= 15 is 0 Å². The third kappa shape index (κ3) is 4.92. The summed E-state index contributed by atoms with van der Waals surface area (Å²) < 4.78 is 0. The summed E-state index contributed by atoms with van der Waals surface area (Å²) in [5.41, 5.74) is 1.69. The number of hydrogen-bond acceptors (Lipinski definition) is 3. The minimum atomic E-state index is -0.574. The van der Waals surface area contributed by atoms with Crippen molar-refractivity contribution in [1.29, 1.82) is 0 Å². The summed E-state index contributed by atoms with van der Waals surface area (Å²) in [6.45, 7) is 9.96. The van der Waals surface area contributed by atoms with Crippen LogP contribution in [-0.4, -0.2) is 17.9 Å². The number of hydrogen-bond donors (Lipinski definition) is 2. The van der Waals surface area contributed by atoms with Crippen LogP contribution in [-0.2, 0) is 4.79 Å². The van der Waals surface area contributed by atoms with E-state index in [4.69, 9.17) is 0 Å². The first-order valence-corrected chi connectivity index (χ1v) is 9.34. The Bertz CT molecular complexity index is 737. The fourth-order valence-corrected chi connectivity index (χ4v) is 3.83. The van der Waals surface area contributed by atoms with E-state index in [9.17, 15) is 9.59 Å². The van der Waals surface area contributed by atoms with Crippen molar-refractivity contribution in [3.05, 3.63) is 57.3 Å². The molecule has 0 aliphatic heterocycles. The molecule has 1 aromatic heterocycles. The Morgan fingerprint density at radius 3 is 2.16 bits per heavy atom. The van der Waals surface area contributed by atoms with Gasteiger partial charge in [0, 0.05) is 15.3 Å². The predicted octanol–water partition coefficient (Wildman–Crippen LogP) is 4.00. The second kappa shape index (κ2) is 8.30. The van der Waals surface area contributed by atoms with Gasteiger partial charge in [-0.05, 0) is 50.5 Å². The maximum Gasteiger partial charge on any atom is 0.251 e. The second-order valence-corrected chi connectivity index (χ2v) is 8.12. The lowest BCUT2D eigenvalue weighted by Crippen LogP contribution is -2.50. The Hall–Kier alpha value is -2.14. The van der Waals surface area contributed by atoms with Crippen molar-refractivity contribution < 1.29 is 9.59 Å². The van der Waals surface area contributed by atoms with Gasteiger partial charge in [-0.15, -0.1) is 11.3 Å². The van der Waals surface area contributed by atoms with Crippen molar-refractivity contribution in [3.63, 3.8) is 0 Å². The summed E-state index contributed by atoms with van der Waals surface area (Å²) >= 11 is 1.73. The molecule has 1 aromatic carbocycles. The molecule has 0 unspecified atom stereocenters. The van der Waals surface area contributed by atoms with E-state index in [1.165, 1.54) is 9.75 Å². The Morgan fingerprint density at radius 2 is 1.64 bits per heavy atom. The number of amides is 2. The van der Waals surface area contributed by atoms with E-state index in [0.29, 0.717) is 5.56 Å². The van der Waals surface area contributed by atoms with Crippen LogP contribution in [0.25, 0.3) is 0 Å². The molecule has 0 saturated carbocycles. The summed E-state index contributed by atoms with van der Waals surface area (Å²) in [5, 5.41) is 5.90. The Balaban J connectivity index is 2.07. The van der Waals surface area contributed by atoms with Crippen LogP contribution in [0.1, 0.15) is 52.5 Å². The van der Waals surface area contributed by atoms with Crippen molar-refractivity contribution in [3.8, 4) is 0 Å². The Morgan fingerprint density at radius 1 is 1.00 bits per heavy atom. The summed E-state index contributed by atoms with van der Waals surface area (Å²) in [5.74, 6) is -0.398. The average Bonchev–Trinajstić information content (AvgIpc) is 2.91. The number of carbonyl (C=O) groups is 2. The fraction of sp³-hybridized carbons (Fsp3) is 0.400. The fourth-order valence-electron chi connectivity index (χ4n) is 2.81. The van der Waals surface area contributed by atoms with Crippen LogP contribution in [0.4, 0.5) is 0 Å². The lowest BCUT2D eigenvalue weighted by molar-refractivity contribution is -0.124. The maximum absolute atomic E-state index is 12.7. The lowest BCUT2D eigenvalue weighted by atomic mass is 10.0. The number of thiophene rings is 1. The van der Waals surface area contributed by atoms with E-state index in [-0.39, 0.29) is 23.8 Å². The van der Waals surface area contributed by atoms with Crippen LogP contribution in [0.5, 0.6) is 0 Å². The molecule has 0 radical (unpaired) electrons. The van der Waals surface area contributed by atoms with E-state index in [2.05, 4.69) is 30.5 Å². The average molecular weight is 359 g/mol. The number of nitrogens with one attached hydrogen (secondary N) is 2. The van der Waals surface area contributed by atoms with Gasteiger partial charge in [0.15, 0.2) is 0 Å². The molecule has 0 fully saturated rings. The molecule has 2 atom stereocenters. The van der Waals surface area contributed by atoms with E-state index < -0.39 is 6.04 Å². The highest BCUT2D eigenvalue weighted by atomic mass is 32.1. The Kier molecular flexibility index (Phi) is 6.37. The van der Waals surface area contributed by atoms with Gasteiger partial charge in [-0.2, -0.15) is 0 Å². The summed E-state index contributed by atoms with van der Waals surface area (Å²) in [7, 11) is 0. The normalized spacial score (nSPS) is 13.4. The molecule has 0 bridgehead atoms. The van der Waals surface area contributed by atoms with Crippen LogP contribution >= 0.6 is 11.3 Å². The quantitative estimate of drug-likeness (QED) is 0.820. The van der Waals surface area contributed by atoms with Gasteiger partial charge in [-0.3, -0.25) is 9.59 Å². The topological polar surface area (TPSA) is 58.2 Å². The number of benzene rings is 1. The van der Waals surface area contributed by atoms with Gasteiger partial charge in [-0.25, -0.2) is 0 Å². The van der Waals surface area contributed by atoms with Crippen molar-refractivity contribution in [2.24, 2.45) is 5.92 Å². The summed E-state index contributed by atoms with van der Waals surface area (Å²) in [6.07, 6.45) is 0. The van der Waals surface area contributed by atoms with Gasteiger partial charge in [0.2, 0.25) is 5.91 Å².